The van der Waals surface area contributed by atoms with E-state index < -0.39 is 0 Å². The van der Waals surface area contributed by atoms with Crippen LogP contribution in [-0.4, -0.2) is 21.7 Å². The van der Waals surface area contributed by atoms with Gasteiger partial charge in [0.25, 0.3) is 5.91 Å². The Morgan fingerprint density at radius 3 is 3.00 bits per heavy atom. The number of carbonyl (C=O) groups is 1. The molecule has 5 nitrogen and oxygen atoms in total. The minimum absolute atomic E-state index is 0.0949. The lowest BCUT2D eigenvalue weighted by atomic mass is 10.1. The molecule has 2 aromatic heterocycles. The predicted octanol–water partition coefficient (Wildman–Crippen LogP) is 1.76. The zero-order chi connectivity index (χ0) is 13.0. The van der Waals surface area contributed by atoms with Crippen molar-refractivity contribution in [2.24, 2.45) is 7.05 Å². The van der Waals surface area contributed by atoms with Gasteiger partial charge < -0.3 is 9.73 Å². The summed E-state index contributed by atoms with van der Waals surface area (Å²) in [4.78, 5) is 11.9. The molecule has 0 radical (unpaired) electrons. The van der Waals surface area contributed by atoms with E-state index in [0.29, 0.717) is 5.69 Å². The van der Waals surface area contributed by atoms with Crippen LogP contribution in [0.15, 0.2) is 35.1 Å². The Morgan fingerprint density at radius 2 is 2.39 bits per heavy atom. The Bertz CT molecular complexity index is 502. The van der Waals surface area contributed by atoms with Gasteiger partial charge in [0.15, 0.2) is 0 Å². The molecule has 0 saturated carbocycles. The minimum atomic E-state index is -0.0954. The summed E-state index contributed by atoms with van der Waals surface area (Å²) >= 11 is 0. The van der Waals surface area contributed by atoms with Gasteiger partial charge in [-0.2, -0.15) is 5.10 Å². The molecule has 0 fully saturated rings. The number of hydrogen-bond acceptors (Lipinski definition) is 3. The smallest absolute Gasteiger partial charge is 0.269 e. The molecule has 1 atom stereocenters. The van der Waals surface area contributed by atoms with Gasteiger partial charge in [-0.3, -0.25) is 9.48 Å². The van der Waals surface area contributed by atoms with E-state index in [4.69, 9.17) is 4.42 Å². The highest BCUT2D eigenvalue weighted by Gasteiger charge is 2.13. The molecule has 0 bridgehead atoms. The topological polar surface area (TPSA) is 60.1 Å². The second kappa shape index (κ2) is 5.53. The molecule has 1 amide bonds. The molecule has 0 aliphatic rings. The van der Waals surface area contributed by atoms with Crippen molar-refractivity contribution in [3.63, 3.8) is 0 Å². The Balaban J connectivity index is 1.82. The van der Waals surface area contributed by atoms with Crippen molar-refractivity contribution in [2.75, 3.05) is 0 Å². The standard InChI is InChI=1S/C13H17N3O2/c1-10(5-6-11-4-3-9-18-11)15-13(17)12-7-8-14-16(12)2/h3-4,7-10H,5-6H2,1-2H3,(H,15,17)/t10-/m0/s1. The first kappa shape index (κ1) is 12.4. The molecule has 0 unspecified atom stereocenters. The van der Waals surface area contributed by atoms with Crippen molar-refractivity contribution in [1.29, 1.82) is 0 Å². The third kappa shape index (κ3) is 3.00. The summed E-state index contributed by atoms with van der Waals surface area (Å²) < 4.78 is 6.82. The molecule has 2 heterocycles. The summed E-state index contributed by atoms with van der Waals surface area (Å²) in [5.74, 6) is 0.846. The van der Waals surface area contributed by atoms with Crippen molar-refractivity contribution in [2.45, 2.75) is 25.8 Å². The average Bonchev–Trinajstić information content (AvgIpc) is 2.97. The van der Waals surface area contributed by atoms with Gasteiger partial charge in [0, 0.05) is 25.7 Å². The Morgan fingerprint density at radius 1 is 1.56 bits per heavy atom. The number of hydrogen-bond donors (Lipinski definition) is 1. The lowest BCUT2D eigenvalue weighted by Crippen LogP contribution is -2.34. The number of amides is 1. The number of rotatable bonds is 5. The molecular formula is C13H17N3O2. The number of furan rings is 1. The molecule has 96 valence electrons. The zero-order valence-electron chi connectivity index (χ0n) is 10.6. The Kier molecular flexibility index (Phi) is 3.82. The summed E-state index contributed by atoms with van der Waals surface area (Å²) in [6.45, 7) is 1.98. The fourth-order valence-electron chi connectivity index (χ4n) is 1.78. The molecule has 0 saturated heterocycles. The van der Waals surface area contributed by atoms with E-state index in [0.717, 1.165) is 18.6 Å². The van der Waals surface area contributed by atoms with Crippen molar-refractivity contribution in [1.82, 2.24) is 15.1 Å². The lowest BCUT2D eigenvalue weighted by Gasteiger charge is -2.13. The maximum atomic E-state index is 11.9. The normalized spacial score (nSPS) is 12.3. The maximum Gasteiger partial charge on any atom is 0.269 e. The van der Waals surface area contributed by atoms with Crippen LogP contribution in [0.3, 0.4) is 0 Å². The summed E-state index contributed by atoms with van der Waals surface area (Å²) in [6, 6.07) is 5.61. The van der Waals surface area contributed by atoms with Crippen LogP contribution in [0.2, 0.25) is 0 Å². The van der Waals surface area contributed by atoms with Crippen LogP contribution in [0.4, 0.5) is 0 Å². The Labute approximate surface area is 106 Å². The fourth-order valence-corrected chi connectivity index (χ4v) is 1.78. The molecule has 2 rings (SSSR count). The van der Waals surface area contributed by atoms with Crippen LogP contribution in [0.5, 0.6) is 0 Å². The van der Waals surface area contributed by atoms with Crippen molar-refractivity contribution in [3.8, 4) is 0 Å². The van der Waals surface area contributed by atoms with E-state index in [2.05, 4.69) is 10.4 Å². The van der Waals surface area contributed by atoms with Gasteiger partial charge in [0.05, 0.1) is 6.26 Å². The molecule has 18 heavy (non-hydrogen) atoms. The van der Waals surface area contributed by atoms with Crippen LogP contribution in [0, 0.1) is 0 Å². The van der Waals surface area contributed by atoms with Gasteiger partial charge in [-0.05, 0) is 31.5 Å². The van der Waals surface area contributed by atoms with E-state index in [1.165, 1.54) is 0 Å². The molecule has 0 aliphatic carbocycles. The predicted molar refractivity (Wildman–Crippen MR) is 67.2 cm³/mol. The lowest BCUT2D eigenvalue weighted by molar-refractivity contribution is 0.0928. The van der Waals surface area contributed by atoms with E-state index in [-0.39, 0.29) is 11.9 Å². The number of nitrogens with zero attached hydrogens (tertiary/aromatic N) is 2. The zero-order valence-corrected chi connectivity index (χ0v) is 10.6. The summed E-state index contributed by atoms with van der Waals surface area (Å²) in [5, 5.41) is 6.92. The van der Waals surface area contributed by atoms with Gasteiger partial charge in [-0.1, -0.05) is 0 Å². The van der Waals surface area contributed by atoms with Gasteiger partial charge in [-0.15, -0.1) is 0 Å². The molecule has 1 N–H and O–H groups in total. The third-order valence-corrected chi connectivity index (χ3v) is 2.83. The summed E-state index contributed by atoms with van der Waals surface area (Å²) in [5.41, 5.74) is 0.569. The highest BCUT2D eigenvalue weighted by molar-refractivity contribution is 5.92. The van der Waals surface area contributed by atoms with Crippen molar-refractivity contribution in [3.05, 3.63) is 42.1 Å². The van der Waals surface area contributed by atoms with Crippen LogP contribution in [0.1, 0.15) is 29.6 Å². The fraction of sp³-hybridized carbons (Fsp3) is 0.385. The second-order valence-electron chi connectivity index (χ2n) is 4.33. The van der Waals surface area contributed by atoms with Crippen molar-refractivity contribution < 1.29 is 9.21 Å². The van der Waals surface area contributed by atoms with Crippen LogP contribution < -0.4 is 5.32 Å². The maximum absolute atomic E-state index is 11.9. The molecule has 0 spiro atoms. The molecule has 5 heteroatoms. The van der Waals surface area contributed by atoms with E-state index in [1.807, 2.05) is 19.1 Å². The minimum Gasteiger partial charge on any atom is -0.469 e. The summed E-state index contributed by atoms with van der Waals surface area (Å²) in [7, 11) is 1.75. The third-order valence-electron chi connectivity index (χ3n) is 2.83. The number of carbonyl (C=O) groups excluding carboxylic acids is 1. The van der Waals surface area contributed by atoms with Crippen LogP contribution in [0.25, 0.3) is 0 Å². The van der Waals surface area contributed by atoms with Crippen LogP contribution >= 0.6 is 0 Å². The van der Waals surface area contributed by atoms with E-state index in [9.17, 15) is 4.79 Å². The monoisotopic (exact) mass is 247 g/mol. The highest BCUT2D eigenvalue weighted by atomic mass is 16.3. The number of nitrogens with one attached hydrogen (secondary N) is 1. The van der Waals surface area contributed by atoms with Crippen molar-refractivity contribution >= 4 is 5.91 Å². The Hall–Kier alpha value is -2.04. The van der Waals surface area contributed by atoms with Crippen LogP contribution in [-0.2, 0) is 13.5 Å². The molecule has 0 aliphatic heterocycles. The largest absolute Gasteiger partial charge is 0.469 e. The average molecular weight is 247 g/mol. The van der Waals surface area contributed by atoms with Gasteiger partial charge in [0.2, 0.25) is 0 Å². The van der Waals surface area contributed by atoms with Gasteiger partial charge in [0.1, 0.15) is 11.5 Å². The van der Waals surface area contributed by atoms with E-state index in [1.54, 1.807) is 30.3 Å². The quantitative estimate of drug-likeness (QED) is 0.875. The molecule has 0 aromatic carbocycles. The summed E-state index contributed by atoms with van der Waals surface area (Å²) in [6.07, 6.45) is 4.94. The first-order chi connectivity index (χ1) is 8.66. The first-order valence-corrected chi connectivity index (χ1v) is 5.98. The van der Waals surface area contributed by atoms with Gasteiger partial charge in [-0.25, -0.2) is 0 Å². The SMILES string of the molecule is C[C@@H](CCc1ccco1)NC(=O)c1ccnn1C. The number of aromatic nitrogens is 2. The highest BCUT2D eigenvalue weighted by Crippen LogP contribution is 2.06. The molecule has 2 aromatic rings. The molecular weight excluding hydrogens is 230 g/mol. The first-order valence-electron chi connectivity index (χ1n) is 5.98. The number of aryl methyl sites for hydroxylation is 2. The van der Waals surface area contributed by atoms with E-state index >= 15 is 0 Å². The second-order valence-corrected chi connectivity index (χ2v) is 4.33. The van der Waals surface area contributed by atoms with Gasteiger partial charge >= 0.3 is 0 Å².